The van der Waals surface area contributed by atoms with Gasteiger partial charge in [0, 0.05) is 13.1 Å². The van der Waals surface area contributed by atoms with Crippen LogP contribution in [0, 0.1) is 29.1 Å². The van der Waals surface area contributed by atoms with Crippen molar-refractivity contribution in [1.29, 1.82) is 5.26 Å². The number of alkyl halides is 3. The Hall–Kier alpha value is -2.97. The summed E-state index contributed by atoms with van der Waals surface area (Å²) in [6, 6.07) is 4.24. The third-order valence-electron chi connectivity index (χ3n) is 8.26. The van der Waals surface area contributed by atoms with Gasteiger partial charge in [0.2, 0.25) is 11.8 Å². The maximum absolute atomic E-state index is 13.6. The van der Waals surface area contributed by atoms with E-state index < -0.39 is 64.0 Å². The number of likely N-dealkylation sites (tertiary alicyclic amines) is 1. The van der Waals surface area contributed by atoms with Crippen LogP contribution in [0.15, 0.2) is 18.2 Å². The fourth-order valence-corrected chi connectivity index (χ4v) is 6.48. The number of piperidine rings is 1. The van der Waals surface area contributed by atoms with Crippen LogP contribution in [-0.4, -0.2) is 60.1 Å². The average molecular weight is 505 g/mol. The highest BCUT2D eigenvalue weighted by Gasteiger charge is 2.77. The number of fused-ring (bicyclic) bond motifs is 5. The first-order chi connectivity index (χ1) is 16.8. The second-order valence-electron chi connectivity index (χ2n) is 10.6. The van der Waals surface area contributed by atoms with Crippen molar-refractivity contribution >= 4 is 23.5 Å². The van der Waals surface area contributed by atoms with Gasteiger partial charge in [0.25, 0.3) is 0 Å². The van der Waals surface area contributed by atoms with Crippen LogP contribution in [0.2, 0.25) is 0 Å². The predicted molar refractivity (Wildman–Crippen MR) is 118 cm³/mol. The lowest BCUT2D eigenvalue weighted by molar-refractivity contribution is -0.163. The number of halogens is 3. The Bertz CT molecular complexity index is 1190. The predicted octanol–water partition coefficient (Wildman–Crippen LogP) is 2.89. The molecule has 192 valence electrons. The highest BCUT2D eigenvalue weighted by Crippen LogP contribution is 2.63. The Morgan fingerprint density at radius 1 is 1.17 bits per heavy atom. The molecule has 0 unspecified atom stereocenters. The summed E-state index contributed by atoms with van der Waals surface area (Å²) in [7, 11) is 1.99. The molecule has 0 aliphatic carbocycles. The summed E-state index contributed by atoms with van der Waals surface area (Å²) in [5, 5.41) is 9.07. The monoisotopic (exact) mass is 505 g/mol. The maximum atomic E-state index is 13.6. The van der Waals surface area contributed by atoms with Gasteiger partial charge in [-0.1, -0.05) is 0 Å². The van der Waals surface area contributed by atoms with Crippen molar-refractivity contribution in [3.05, 3.63) is 29.3 Å². The molecule has 11 heteroatoms. The number of imide groups is 1. The highest BCUT2D eigenvalue weighted by molar-refractivity contribution is 6.23. The molecule has 1 aromatic carbocycles. The lowest BCUT2D eigenvalue weighted by atomic mass is 9.64. The lowest BCUT2D eigenvalue weighted by Crippen LogP contribution is -2.50. The van der Waals surface area contributed by atoms with Crippen molar-refractivity contribution in [2.24, 2.45) is 17.8 Å². The summed E-state index contributed by atoms with van der Waals surface area (Å²) in [4.78, 5) is 43.1. The number of nitrogens with zero attached hydrogens (tertiary/aromatic N) is 3. The molecule has 2 bridgehead atoms. The molecular formula is C25H26F3N3O5. The summed E-state index contributed by atoms with van der Waals surface area (Å²) in [5.74, 6) is -4.63. The van der Waals surface area contributed by atoms with Crippen molar-refractivity contribution in [3.8, 4) is 6.07 Å². The van der Waals surface area contributed by atoms with E-state index in [1.807, 2.05) is 7.05 Å². The zero-order valence-electron chi connectivity index (χ0n) is 20.1. The van der Waals surface area contributed by atoms with E-state index in [4.69, 9.17) is 14.7 Å². The van der Waals surface area contributed by atoms with Crippen molar-refractivity contribution in [1.82, 2.24) is 4.90 Å². The number of rotatable bonds is 3. The SMILES string of the molecule is CN1CCC(OC(=O)[C@H]2C[C@@]3(C)O[C@]2(C)[C@H]2C(=O)N(c4ccc(C#N)c(C(F)(F)F)c4)C(=O)[C@H]23)CC1. The Kier molecular flexibility index (Phi) is 5.50. The third kappa shape index (κ3) is 3.53. The molecule has 4 aliphatic rings. The first-order valence-corrected chi connectivity index (χ1v) is 11.9. The minimum Gasteiger partial charge on any atom is -0.462 e. The Labute approximate surface area is 205 Å². The second-order valence-corrected chi connectivity index (χ2v) is 10.6. The molecule has 0 spiro atoms. The quantitative estimate of drug-likeness (QED) is 0.460. The van der Waals surface area contributed by atoms with Gasteiger partial charge in [-0.2, -0.15) is 18.4 Å². The number of hydrogen-bond donors (Lipinski definition) is 0. The number of benzene rings is 1. The van der Waals surface area contributed by atoms with Crippen LogP contribution in [0.1, 0.15) is 44.2 Å². The van der Waals surface area contributed by atoms with Gasteiger partial charge in [-0.15, -0.1) is 0 Å². The summed E-state index contributed by atoms with van der Waals surface area (Å²) < 4.78 is 52.5. The maximum Gasteiger partial charge on any atom is 0.417 e. The van der Waals surface area contributed by atoms with E-state index in [2.05, 4.69) is 4.90 Å². The fourth-order valence-electron chi connectivity index (χ4n) is 6.48. The zero-order valence-corrected chi connectivity index (χ0v) is 20.1. The van der Waals surface area contributed by atoms with Crippen molar-refractivity contribution < 1.29 is 37.0 Å². The van der Waals surface area contributed by atoms with E-state index >= 15 is 0 Å². The number of ether oxygens (including phenoxy) is 2. The Morgan fingerprint density at radius 3 is 2.42 bits per heavy atom. The molecule has 8 nitrogen and oxygen atoms in total. The summed E-state index contributed by atoms with van der Waals surface area (Å²) in [5.41, 5.74) is -4.57. The molecule has 5 rings (SSSR count). The van der Waals surface area contributed by atoms with E-state index in [0.717, 1.165) is 30.1 Å². The molecule has 0 N–H and O–H groups in total. The molecule has 36 heavy (non-hydrogen) atoms. The molecule has 2 amide bonds. The minimum atomic E-state index is -4.84. The summed E-state index contributed by atoms with van der Waals surface area (Å²) in [6.45, 7) is 4.86. The molecule has 5 atom stereocenters. The zero-order chi connectivity index (χ0) is 26.2. The van der Waals surface area contributed by atoms with Crippen LogP contribution in [0.25, 0.3) is 0 Å². The van der Waals surface area contributed by atoms with E-state index in [0.29, 0.717) is 18.9 Å². The first kappa shape index (κ1) is 24.7. The molecule has 0 saturated carbocycles. The lowest BCUT2D eigenvalue weighted by Gasteiger charge is -2.35. The molecule has 4 saturated heterocycles. The average Bonchev–Trinajstić information content (AvgIpc) is 3.35. The summed E-state index contributed by atoms with van der Waals surface area (Å²) >= 11 is 0. The number of carbonyl (C=O) groups is 3. The molecule has 4 fully saturated rings. The molecule has 0 radical (unpaired) electrons. The van der Waals surface area contributed by atoms with Crippen LogP contribution >= 0.6 is 0 Å². The number of anilines is 1. The van der Waals surface area contributed by atoms with Gasteiger partial charge < -0.3 is 14.4 Å². The summed E-state index contributed by atoms with van der Waals surface area (Å²) in [6.07, 6.45) is -3.52. The molecular weight excluding hydrogens is 479 g/mol. The minimum absolute atomic E-state index is 0.171. The van der Waals surface area contributed by atoms with Gasteiger partial charge in [-0.3, -0.25) is 14.4 Å². The third-order valence-corrected chi connectivity index (χ3v) is 8.26. The smallest absolute Gasteiger partial charge is 0.417 e. The van der Waals surface area contributed by atoms with Gasteiger partial charge >= 0.3 is 12.1 Å². The topological polar surface area (TPSA) is 99.9 Å². The number of hydrogen-bond acceptors (Lipinski definition) is 7. The van der Waals surface area contributed by atoms with Crippen molar-refractivity contribution in [3.63, 3.8) is 0 Å². The normalized spacial score (nSPS) is 34.7. The largest absolute Gasteiger partial charge is 0.462 e. The fraction of sp³-hybridized carbons (Fsp3) is 0.600. The van der Waals surface area contributed by atoms with Crippen molar-refractivity contribution in [2.75, 3.05) is 25.0 Å². The van der Waals surface area contributed by atoms with E-state index in [1.54, 1.807) is 13.8 Å². The standard InChI is InChI=1S/C25H26F3N3O5/c1-23-11-17(22(34)35-15-6-8-30(3)9-7-15)24(2,36-23)19-18(23)20(32)31(21(19)33)14-5-4-13(12-29)16(10-14)25(26,27)28/h4-5,10,15,17-19H,6-9,11H2,1-3H3/t17-,18+,19-,23-,24+/m1/s1. The Balaban J connectivity index is 1.44. The van der Waals surface area contributed by atoms with Crippen LogP contribution in [-0.2, 0) is 30.0 Å². The number of carbonyl (C=O) groups excluding carboxylic acids is 3. The Morgan fingerprint density at radius 2 is 1.81 bits per heavy atom. The van der Waals surface area contributed by atoms with Gasteiger partial charge in [-0.25, -0.2) is 4.90 Å². The molecule has 4 aliphatic heterocycles. The number of amides is 2. The van der Waals surface area contributed by atoms with E-state index in [9.17, 15) is 27.6 Å². The van der Waals surface area contributed by atoms with Gasteiger partial charge in [-0.05, 0) is 58.4 Å². The van der Waals surface area contributed by atoms with Crippen LogP contribution in [0.3, 0.4) is 0 Å². The number of nitriles is 1. The van der Waals surface area contributed by atoms with Crippen LogP contribution < -0.4 is 4.90 Å². The molecule has 1 aromatic rings. The van der Waals surface area contributed by atoms with E-state index in [1.165, 1.54) is 6.07 Å². The van der Waals surface area contributed by atoms with E-state index in [-0.39, 0.29) is 18.2 Å². The van der Waals surface area contributed by atoms with Crippen LogP contribution in [0.5, 0.6) is 0 Å². The molecule has 0 aromatic heterocycles. The van der Waals surface area contributed by atoms with Gasteiger partial charge in [0.1, 0.15) is 6.10 Å². The molecule has 4 heterocycles. The first-order valence-electron chi connectivity index (χ1n) is 11.9. The van der Waals surface area contributed by atoms with Crippen LogP contribution in [0.4, 0.5) is 18.9 Å². The number of esters is 1. The van der Waals surface area contributed by atoms with Gasteiger partial charge in [0.15, 0.2) is 0 Å². The van der Waals surface area contributed by atoms with Gasteiger partial charge in [0.05, 0.1) is 51.8 Å². The second kappa shape index (κ2) is 8.02. The highest BCUT2D eigenvalue weighted by atomic mass is 19.4. The van der Waals surface area contributed by atoms with Crippen molar-refractivity contribution in [2.45, 2.75) is 56.6 Å².